The van der Waals surface area contributed by atoms with Crippen LogP contribution in [0.5, 0.6) is 0 Å². The normalized spacial score (nSPS) is 10.5. The van der Waals surface area contributed by atoms with E-state index in [4.69, 9.17) is 4.74 Å². The molecule has 0 unspecified atom stereocenters. The highest BCUT2D eigenvalue weighted by atomic mass is 32.2. The zero-order valence-corrected chi connectivity index (χ0v) is 13.0. The quantitative estimate of drug-likeness (QED) is 0.377. The molecule has 0 aliphatic carbocycles. The molecule has 0 aliphatic heterocycles. The highest BCUT2D eigenvalue weighted by Crippen LogP contribution is 2.15. The Morgan fingerprint density at radius 1 is 1.00 bits per heavy atom. The van der Waals surface area contributed by atoms with Gasteiger partial charge in [-0.15, -0.1) is 0 Å². The Hall–Kier alpha value is -1.53. The molecule has 0 heterocycles. The smallest absolute Gasteiger partial charge is 0.0587 e. The molecule has 3 N–H and O–H groups in total. The van der Waals surface area contributed by atoms with Gasteiger partial charge in [0.1, 0.15) is 0 Å². The maximum atomic E-state index is 5.00. The molecule has 0 radical (unpaired) electrons. The molecule has 2 aromatic rings. The van der Waals surface area contributed by atoms with E-state index in [1.165, 1.54) is 10.5 Å². The lowest BCUT2D eigenvalue weighted by Gasteiger charge is -2.08. The summed E-state index contributed by atoms with van der Waals surface area (Å²) in [5.74, 6) is 0. The molecule has 0 aliphatic rings. The maximum Gasteiger partial charge on any atom is 0.0587 e. The van der Waals surface area contributed by atoms with Crippen LogP contribution in [0.15, 0.2) is 59.5 Å². The van der Waals surface area contributed by atoms with Crippen LogP contribution in [0.1, 0.15) is 5.56 Å². The molecule has 0 atom stereocenters. The van der Waals surface area contributed by atoms with Gasteiger partial charge in [-0.2, -0.15) is 4.83 Å². The van der Waals surface area contributed by atoms with Crippen molar-refractivity contribution >= 4 is 17.6 Å². The van der Waals surface area contributed by atoms with Crippen LogP contribution in [0.3, 0.4) is 0 Å². The molecule has 2 aromatic carbocycles. The van der Waals surface area contributed by atoms with Crippen LogP contribution in [0.2, 0.25) is 0 Å². The van der Waals surface area contributed by atoms with Gasteiger partial charge in [0.2, 0.25) is 0 Å². The van der Waals surface area contributed by atoms with Crippen LogP contribution < -0.4 is 15.6 Å². The van der Waals surface area contributed by atoms with Crippen molar-refractivity contribution < 1.29 is 4.74 Å². The number of benzene rings is 2. The number of methoxy groups -OCH3 is 1. The van der Waals surface area contributed by atoms with E-state index >= 15 is 0 Å². The van der Waals surface area contributed by atoms with Gasteiger partial charge in [-0.05, 0) is 41.8 Å². The lowest BCUT2D eigenvalue weighted by atomic mass is 10.2. The zero-order chi connectivity index (χ0) is 14.8. The predicted molar refractivity (Wildman–Crippen MR) is 89.1 cm³/mol. The van der Waals surface area contributed by atoms with E-state index in [0.29, 0.717) is 0 Å². The number of anilines is 1. The Bertz CT molecular complexity index is 505. The van der Waals surface area contributed by atoms with Crippen molar-refractivity contribution in [1.82, 2.24) is 10.1 Å². The number of rotatable bonds is 9. The molecule has 21 heavy (non-hydrogen) atoms. The third-order valence-corrected chi connectivity index (χ3v) is 3.59. The third kappa shape index (κ3) is 6.18. The summed E-state index contributed by atoms with van der Waals surface area (Å²) in [7, 11) is 1.71. The summed E-state index contributed by atoms with van der Waals surface area (Å²) < 4.78 is 5.00. The first-order valence-electron chi connectivity index (χ1n) is 6.90. The molecule has 0 fully saturated rings. The first-order chi connectivity index (χ1) is 10.4. The van der Waals surface area contributed by atoms with Gasteiger partial charge in [0.25, 0.3) is 0 Å². The maximum absolute atomic E-state index is 5.00. The van der Waals surface area contributed by atoms with Crippen molar-refractivity contribution in [3.05, 3.63) is 60.2 Å². The molecular weight excluding hydrogens is 282 g/mol. The van der Waals surface area contributed by atoms with Crippen molar-refractivity contribution in [2.45, 2.75) is 11.4 Å². The van der Waals surface area contributed by atoms with Gasteiger partial charge in [-0.1, -0.05) is 30.3 Å². The Labute approximate surface area is 130 Å². The second-order valence-electron chi connectivity index (χ2n) is 4.51. The van der Waals surface area contributed by atoms with Crippen LogP contribution in [-0.2, 0) is 11.3 Å². The van der Waals surface area contributed by atoms with Gasteiger partial charge in [0.15, 0.2) is 0 Å². The van der Waals surface area contributed by atoms with Crippen molar-refractivity contribution in [1.29, 1.82) is 0 Å². The Morgan fingerprint density at radius 3 is 2.48 bits per heavy atom. The monoisotopic (exact) mass is 303 g/mol. The fourth-order valence-corrected chi connectivity index (χ4v) is 2.31. The molecule has 4 nitrogen and oxygen atoms in total. The Kier molecular flexibility index (Phi) is 7.11. The number of ether oxygens (including phenoxy) is 1. The molecular formula is C16H21N3OS. The molecule has 0 amide bonds. The van der Waals surface area contributed by atoms with E-state index in [2.05, 4.69) is 39.8 Å². The molecule has 112 valence electrons. The van der Waals surface area contributed by atoms with E-state index < -0.39 is 0 Å². The molecule has 0 saturated carbocycles. The van der Waals surface area contributed by atoms with E-state index in [0.717, 1.165) is 25.4 Å². The standard InChI is InChI=1S/C16H21N3OS/c1-20-12-11-17-13-14-7-9-16(10-8-14)21-19-18-15-5-3-2-4-6-15/h2-10,17-19H,11-13H2,1H3. The minimum atomic E-state index is 0.739. The number of hydrogen-bond acceptors (Lipinski definition) is 5. The first kappa shape index (κ1) is 15.9. The Balaban J connectivity index is 1.69. The summed E-state index contributed by atoms with van der Waals surface area (Å²) in [5.41, 5.74) is 5.46. The number of nitrogens with one attached hydrogen (secondary N) is 3. The largest absolute Gasteiger partial charge is 0.383 e. The van der Waals surface area contributed by atoms with Crippen molar-refractivity contribution in [2.24, 2.45) is 0 Å². The first-order valence-corrected chi connectivity index (χ1v) is 7.71. The van der Waals surface area contributed by atoms with Crippen LogP contribution in [-0.4, -0.2) is 20.3 Å². The van der Waals surface area contributed by atoms with Gasteiger partial charge >= 0.3 is 0 Å². The third-order valence-electron chi connectivity index (χ3n) is 2.87. The highest BCUT2D eigenvalue weighted by Gasteiger charge is 1.96. The number of para-hydroxylation sites is 1. The second kappa shape index (κ2) is 9.41. The molecule has 0 spiro atoms. The lowest BCUT2D eigenvalue weighted by molar-refractivity contribution is 0.199. The fraction of sp³-hybridized carbons (Fsp3) is 0.250. The highest BCUT2D eigenvalue weighted by molar-refractivity contribution is 7.97. The molecule has 5 heteroatoms. The summed E-state index contributed by atoms with van der Waals surface area (Å²) in [5, 5.41) is 3.33. The van der Waals surface area contributed by atoms with Crippen LogP contribution >= 0.6 is 11.9 Å². The van der Waals surface area contributed by atoms with Crippen LogP contribution in [0, 0.1) is 0 Å². The minimum absolute atomic E-state index is 0.739. The fourth-order valence-electron chi connectivity index (χ4n) is 1.75. The van der Waals surface area contributed by atoms with E-state index in [-0.39, 0.29) is 0 Å². The zero-order valence-electron chi connectivity index (χ0n) is 12.1. The average molecular weight is 303 g/mol. The lowest BCUT2D eigenvalue weighted by Crippen LogP contribution is -2.18. The summed E-state index contributed by atoms with van der Waals surface area (Å²) in [6.45, 7) is 2.47. The number of hydrazine groups is 1. The summed E-state index contributed by atoms with van der Waals surface area (Å²) >= 11 is 1.55. The second-order valence-corrected chi connectivity index (χ2v) is 5.39. The van der Waals surface area contributed by atoms with E-state index in [1.54, 1.807) is 19.1 Å². The summed E-state index contributed by atoms with van der Waals surface area (Å²) in [6, 6.07) is 18.5. The molecule has 0 saturated heterocycles. The predicted octanol–water partition coefficient (Wildman–Crippen LogP) is 3.05. The SMILES string of the molecule is COCCNCc1ccc(SNNc2ccccc2)cc1. The van der Waals surface area contributed by atoms with Gasteiger partial charge in [-0.25, -0.2) is 0 Å². The number of hydrogen-bond donors (Lipinski definition) is 3. The van der Waals surface area contributed by atoms with Crippen molar-refractivity contribution in [2.75, 3.05) is 25.7 Å². The van der Waals surface area contributed by atoms with Crippen LogP contribution in [0.25, 0.3) is 0 Å². The molecule has 0 bridgehead atoms. The Morgan fingerprint density at radius 2 is 1.76 bits per heavy atom. The van der Waals surface area contributed by atoms with Gasteiger partial charge in [0, 0.05) is 30.8 Å². The van der Waals surface area contributed by atoms with Gasteiger partial charge in [-0.3, -0.25) is 0 Å². The molecule has 2 rings (SSSR count). The average Bonchev–Trinajstić information content (AvgIpc) is 2.54. The van der Waals surface area contributed by atoms with Crippen LogP contribution in [0.4, 0.5) is 5.69 Å². The van der Waals surface area contributed by atoms with Gasteiger partial charge in [0.05, 0.1) is 6.61 Å². The van der Waals surface area contributed by atoms with Crippen molar-refractivity contribution in [3.63, 3.8) is 0 Å². The minimum Gasteiger partial charge on any atom is -0.383 e. The summed E-state index contributed by atoms with van der Waals surface area (Å²) in [4.78, 5) is 4.30. The van der Waals surface area contributed by atoms with E-state index in [9.17, 15) is 0 Å². The topological polar surface area (TPSA) is 45.3 Å². The summed E-state index contributed by atoms with van der Waals surface area (Å²) in [6.07, 6.45) is 0. The van der Waals surface area contributed by atoms with Gasteiger partial charge < -0.3 is 15.5 Å². The van der Waals surface area contributed by atoms with E-state index in [1.807, 2.05) is 30.3 Å². The molecule has 0 aromatic heterocycles. The van der Waals surface area contributed by atoms with Crippen molar-refractivity contribution in [3.8, 4) is 0 Å².